The molecule has 7 unspecified atom stereocenters. The van der Waals surface area contributed by atoms with Gasteiger partial charge in [-0.05, 0) is 120 Å². The van der Waals surface area contributed by atoms with Crippen LogP contribution in [0, 0.1) is 35.0 Å². The van der Waals surface area contributed by atoms with Crippen molar-refractivity contribution >= 4 is 12.5 Å². The SMILES string of the molecule is C=O.CC.CC.CC(=NCCC1CCCN1)C1CCC2C3CCC4=CCCCC4C3CCC12C.[HH]. The number of rotatable bonds is 4. The van der Waals surface area contributed by atoms with Gasteiger partial charge in [-0.3, -0.25) is 4.99 Å². The average Bonchev–Trinajstić information content (AvgIpc) is 3.55. The normalized spacial score (nSPS) is 38.3. The minimum atomic E-state index is 0. The highest BCUT2D eigenvalue weighted by atomic mass is 16.1. The summed E-state index contributed by atoms with van der Waals surface area (Å²) in [5, 5.41) is 3.63. The fourth-order valence-electron chi connectivity index (χ4n) is 8.50. The highest BCUT2D eigenvalue weighted by Crippen LogP contribution is 2.63. The first kappa shape index (κ1) is 29.3. The lowest BCUT2D eigenvalue weighted by Crippen LogP contribution is -2.47. The first-order valence-corrected chi connectivity index (χ1v) is 14.9. The van der Waals surface area contributed by atoms with Crippen LogP contribution in [0.15, 0.2) is 16.6 Å². The van der Waals surface area contributed by atoms with Crippen molar-refractivity contribution in [1.82, 2.24) is 5.32 Å². The lowest BCUT2D eigenvalue weighted by molar-refractivity contribution is -0.0979. The van der Waals surface area contributed by atoms with Gasteiger partial charge in [-0.25, -0.2) is 0 Å². The molecule has 3 heteroatoms. The molecule has 0 bridgehead atoms. The van der Waals surface area contributed by atoms with E-state index >= 15 is 0 Å². The van der Waals surface area contributed by atoms with E-state index in [9.17, 15) is 0 Å². The fourth-order valence-corrected chi connectivity index (χ4v) is 8.50. The molecule has 5 rings (SSSR count). The smallest absolute Gasteiger partial charge is 0.106 e. The van der Waals surface area contributed by atoms with Gasteiger partial charge in [0.25, 0.3) is 0 Å². The van der Waals surface area contributed by atoms with Crippen molar-refractivity contribution < 1.29 is 6.22 Å². The van der Waals surface area contributed by atoms with E-state index < -0.39 is 0 Å². The van der Waals surface area contributed by atoms with Gasteiger partial charge in [0.2, 0.25) is 0 Å². The van der Waals surface area contributed by atoms with Crippen LogP contribution in [-0.4, -0.2) is 31.6 Å². The van der Waals surface area contributed by atoms with Gasteiger partial charge >= 0.3 is 0 Å². The number of hydrogen-bond donors (Lipinski definition) is 1. The zero-order valence-electron chi connectivity index (χ0n) is 23.5. The third kappa shape index (κ3) is 6.23. The lowest BCUT2D eigenvalue weighted by Gasteiger charge is -2.54. The molecule has 1 saturated heterocycles. The van der Waals surface area contributed by atoms with Crippen LogP contribution in [-0.2, 0) is 4.79 Å². The summed E-state index contributed by atoms with van der Waals surface area (Å²) in [6.45, 7) is 17.3. The number of nitrogens with one attached hydrogen (secondary N) is 1. The van der Waals surface area contributed by atoms with Crippen molar-refractivity contribution in [2.24, 2.45) is 40.0 Å². The van der Waals surface area contributed by atoms with Gasteiger partial charge < -0.3 is 10.1 Å². The molecule has 0 radical (unpaired) electrons. The lowest BCUT2D eigenvalue weighted by atomic mass is 9.51. The van der Waals surface area contributed by atoms with Gasteiger partial charge in [-0.1, -0.05) is 46.3 Å². The van der Waals surface area contributed by atoms with E-state index in [1.54, 1.807) is 0 Å². The van der Waals surface area contributed by atoms with E-state index in [1.807, 2.05) is 40.1 Å². The van der Waals surface area contributed by atoms with Crippen molar-refractivity contribution in [2.75, 3.05) is 13.1 Å². The number of allylic oxidation sites excluding steroid dienone is 2. The first-order chi connectivity index (χ1) is 16.7. The Kier molecular flexibility index (Phi) is 12.5. The van der Waals surface area contributed by atoms with Gasteiger partial charge in [-0.2, -0.15) is 0 Å². The Morgan fingerprint density at radius 3 is 2.53 bits per heavy atom. The molecule has 5 aliphatic rings. The number of aliphatic imine (C=N–C) groups is 1. The highest BCUT2D eigenvalue weighted by molar-refractivity contribution is 5.85. The molecule has 1 aliphatic heterocycles. The van der Waals surface area contributed by atoms with Crippen molar-refractivity contribution in [2.45, 2.75) is 125 Å². The largest absolute Gasteiger partial charge is 0.314 e. The Morgan fingerprint density at radius 1 is 1.06 bits per heavy atom. The van der Waals surface area contributed by atoms with Crippen LogP contribution in [0.5, 0.6) is 0 Å². The van der Waals surface area contributed by atoms with Crippen molar-refractivity contribution in [1.29, 1.82) is 0 Å². The molecular weight excluding hydrogens is 416 g/mol. The van der Waals surface area contributed by atoms with Crippen LogP contribution >= 0.6 is 0 Å². The number of nitrogens with zero attached hydrogens (tertiary/aromatic N) is 1. The second-order valence-electron chi connectivity index (χ2n) is 11.1. The van der Waals surface area contributed by atoms with Gasteiger partial charge in [0.05, 0.1) is 0 Å². The van der Waals surface area contributed by atoms with Crippen molar-refractivity contribution in [3.63, 3.8) is 0 Å². The van der Waals surface area contributed by atoms with Crippen molar-refractivity contribution in [3.05, 3.63) is 11.6 Å². The molecule has 1 N–H and O–H groups in total. The monoisotopic (exact) mass is 474 g/mol. The summed E-state index contributed by atoms with van der Waals surface area (Å²) in [5.74, 6) is 4.73. The zero-order valence-corrected chi connectivity index (χ0v) is 23.5. The molecule has 3 nitrogen and oxygen atoms in total. The Balaban J connectivity index is 0.000000816. The predicted octanol–water partition coefficient (Wildman–Crippen LogP) is 8.28. The summed E-state index contributed by atoms with van der Waals surface area (Å²) in [7, 11) is 0. The van der Waals surface area contributed by atoms with Gasteiger partial charge in [0.1, 0.15) is 6.79 Å². The minimum Gasteiger partial charge on any atom is -0.314 e. The molecular formula is C31H58N2O. The van der Waals surface area contributed by atoms with Crippen LogP contribution in [0.4, 0.5) is 0 Å². The fraction of sp³-hybridized carbons (Fsp3) is 0.871. The number of carbonyl (C=O) groups is 1. The van der Waals surface area contributed by atoms with E-state index in [4.69, 9.17) is 9.79 Å². The molecule has 3 saturated carbocycles. The third-order valence-corrected chi connectivity index (χ3v) is 9.88. The zero-order chi connectivity index (χ0) is 25.1. The topological polar surface area (TPSA) is 41.5 Å². The molecule has 0 aromatic rings. The number of carbonyl (C=O) groups excluding carboxylic acids is 1. The predicted molar refractivity (Wildman–Crippen MR) is 151 cm³/mol. The second kappa shape index (κ2) is 14.6. The first-order valence-electron chi connectivity index (χ1n) is 14.9. The Hall–Kier alpha value is -0.960. The van der Waals surface area contributed by atoms with Crippen molar-refractivity contribution in [3.8, 4) is 0 Å². The molecule has 0 aromatic carbocycles. The van der Waals surface area contributed by atoms with E-state index in [0.29, 0.717) is 5.41 Å². The molecule has 0 spiro atoms. The maximum atomic E-state index is 8.00. The van der Waals surface area contributed by atoms with Gasteiger partial charge in [0, 0.05) is 25.6 Å². The second-order valence-corrected chi connectivity index (χ2v) is 11.1. The van der Waals surface area contributed by atoms with E-state index in [2.05, 4.69) is 25.2 Å². The van der Waals surface area contributed by atoms with Gasteiger partial charge in [-0.15, -0.1) is 0 Å². The van der Waals surface area contributed by atoms with E-state index in [1.165, 1.54) is 89.3 Å². The molecule has 198 valence electrons. The summed E-state index contributed by atoms with van der Waals surface area (Å²) in [4.78, 5) is 13.1. The Bertz CT molecular complexity index is 656. The standard InChI is InChI=1S/C26H42N2.2C2H6.CH2O.H2/c1-18(27-17-14-20-7-5-16-28-20)24-11-12-25-23-10-9-19-6-3-4-8-21(19)22(23)13-15-26(24,25)2;3*1-2;/h6,20-25,28H,3-5,7-17H2,1-2H3;2*1-2H3;1H2;1H. The third-order valence-electron chi connectivity index (χ3n) is 9.88. The molecule has 0 amide bonds. The summed E-state index contributed by atoms with van der Waals surface area (Å²) >= 11 is 0. The van der Waals surface area contributed by atoms with E-state index in [0.717, 1.165) is 42.2 Å². The van der Waals surface area contributed by atoms with Gasteiger partial charge in [0.15, 0.2) is 0 Å². The number of hydrogen-bond acceptors (Lipinski definition) is 3. The summed E-state index contributed by atoms with van der Waals surface area (Å²) < 4.78 is 0. The summed E-state index contributed by atoms with van der Waals surface area (Å²) in [6, 6.07) is 0.735. The highest BCUT2D eigenvalue weighted by Gasteiger charge is 2.56. The molecule has 7 atom stereocenters. The van der Waals surface area contributed by atoms with Crippen LogP contribution < -0.4 is 5.32 Å². The van der Waals surface area contributed by atoms with Crippen LogP contribution in [0.2, 0.25) is 0 Å². The molecule has 0 aromatic heterocycles. The summed E-state index contributed by atoms with van der Waals surface area (Å²) in [5.41, 5.74) is 3.90. The van der Waals surface area contributed by atoms with E-state index in [-0.39, 0.29) is 1.43 Å². The average molecular weight is 475 g/mol. The minimum absolute atomic E-state index is 0. The number of fused-ring (bicyclic) bond motifs is 5. The molecule has 1 heterocycles. The Labute approximate surface area is 213 Å². The molecule has 4 aliphatic carbocycles. The maximum absolute atomic E-state index is 8.00. The van der Waals surface area contributed by atoms with Crippen LogP contribution in [0.25, 0.3) is 0 Å². The Morgan fingerprint density at radius 2 is 1.82 bits per heavy atom. The maximum Gasteiger partial charge on any atom is 0.106 e. The summed E-state index contributed by atoms with van der Waals surface area (Å²) in [6.07, 6.45) is 19.7. The van der Waals surface area contributed by atoms with Crippen LogP contribution in [0.3, 0.4) is 0 Å². The molecule has 34 heavy (non-hydrogen) atoms. The quantitative estimate of drug-likeness (QED) is 0.329. The van der Waals surface area contributed by atoms with Crippen LogP contribution in [0.1, 0.15) is 120 Å². The molecule has 4 fully saturated rings.